The van der Waals surface area contributed by atoms with Crippen LogP contribution in [0.5, 0.6) is 11.5 Å². The Labute approximate surface area is 121 Å². The molecule has 0 saturated heterocycles. The predicted octanol–water partition coefficient (Wildman–Crippen LogP) is 2.49. The van der Waals surface area contributed by atoms with Gasteiger partial charge in [-0.25, -0.2) is 4.98 Å². The van der Waals surface area contributed by atoms with Crippen LogP contribution < -0.4 is 14.8 Å². The number of fused-ring (bicyclic) bond motifs is 2. The number of anilines is 1. The zero-order chi connectivity index (χ0) is 15.0. The SMILES string of the molecule is CC(C)(CNc1nccc2cc3c(cc12)OCO3)C(=O)O. The lowest BCUT2D eigenvalue weighted by molar-refractivity contribution is -0.146. The van der Waals surface area contributed by atoms with Crippen molar-refractivity contribution in [1.29, 1.82) is 0 Å². The summed E-state index contributed by atoms with van der Waals surface area (Å²) in [5.74, 6) is 1.18. The number of ether oxygens (including phenoxy) is 2. The molecule has 3 rings (SSSR count). The molecule has 2 heterocycles. The van der Waals surface area contributed by atoms with Crippen LogP contribution >= 0.6 is 0 Å². The van der Waals surface area contributed by atoms with E-state index in [2.05, 4.69) is 10.3 Å². The average molecular weight is 288 g/mol. The van der Waals surface area contributed by atoms with E-state index < -0.39 is 11.4 Å². The van der Waals surface area contributed by atoms with Crippen LogP contribution in [0, 0.1) is 5.41 Å². The Morgan fingerprint density at radius 2 is 2.10 bits per heavy atom. The monoisotopic (exact) mass is 288 g/mol. The van der Waals surface area contributed by atoms with E-state index in [1.165, 1.54) is 0 Å². The molecule has 0 spiro atoms. The van der Waals surface area contributed by atoms with Gasteiger partial charge < -0.3 is 19.9 Å². The molecule has 2 N–H and O–H groups in total. The Hall–Kier alpha value is -2.50. The molecule has 6 nitrogen and oxygen atoms in total. The van der Waals surface area contributed by atoms with Crippen LogP contribution in [-0.4, -0.2) is 29.4 Å². The van der Waals surface area contributed by atoms with Crippen LogP contribution in [0.15, 0.2) is 24.4 Å². The van der Waals surface area contributed by atoms with Crippen molar-refractivity contribution in [1.82, 2.24) is 4.98 Å². The van der Waals surface area contributed by atoms with E-state index in [4.69, 9.17) is 14.6 Å². The lowest BCUT2D eigenvalue weighted by Gasteiger charge is -2.20. The fraction of sp³-hybridized carbons (Fsp3) is 0.333. The van der Waals surface area contributed by atoms with Gasteiger partial charge in [0.25, 0.3) is 0 Å². The molecule has 0 unspecified atom stereocenters. The first-order valence-corrected chi connectivity index (χ1v) is 6.63. The van der Waals surface area contributed by atoms with Gasteiger partial charge in [-0.05, 0) is 37.4 Å². The van der Waals surface area contributed by atoms with Gasteiger partial charge in [0.2, 0.25) is 6.79 Å². The van der Waals surface area contributed by atoms with E-state index in [9.17, 15) is 4.79 Å². The summed E-state index contributed by atoms with van der Waals surface area (Å²) < 4.78 is 10.7. The Kier molecular flexibility index (Phi) is 3.08. The van der Waals surface area contributed by atoms with Gasteiger partial charge in [0.05, 0.1) is 5.41 Å². The highest BCUT2D eigenvalue weighted by molar-refractivity contribution is 5.94. The van der Waals surface area contributed by atoms with Crippen molar-refractivity contribution in [3.05, 3.63) is 24.4 Å². The largest absolute Gasteiger partial charge is 0.481 e. The molecular formula is C15H16N2O4. The Balaban J connectivity index is 1.94. The third-order valence-corrected chi connectivity index (χ3v) is 3.53. The number of aliphatic carboxylic acids is 1. The zero-order valence-electron chi connectivity index (χ0n) is 11.8. The van der Waals surface area contributed by atoms with E-state index >= 15 is 0 Å². The minimum absolute atomic E-state index is 0.216. The van der Waals surface area contributed by atoms with Crippen molar-refractivity contribution in [2.24, 2.45) is 5.41 Å². The molecule has 1 aromatic heterocycles. The summed E-state index contributed by atoms with van der Waals surface area (Å²) in [6.45, 7) is 3.83. The highest BCUT2D eigenvalue weighted by atomic mass is 16.7. The molecular weight excluding hydrogens is 272 g/mol. The summed E-state index contributed by atoms with van der Waals surface area (Å²) in [6.07, 6.45) is 1.68. The van der Waals surface area contributed by atoms with Gasteiger partial charge in [-0.1, -0.05) is 0 Å². The number of pyridine rings is 1. The number of nitrogens with zero attached hydrogens (tertiary/aromatic N) is 1. The molecule has 1 aromatic carbocycles. The molecule has 110 valence electrons. The Morgan fingerprint density at radius 1 is 1.38 bits per heavy atom. The molecule has 21 heavy (non-hydrogen) atoms. The topological polar surface area (TPSA) is 80.7 Å². The quantitative estimate of drug-likeness (QED) is 0.899. The molecule has 0 radical (unpaired) electrons. The van der Waals surface area contributed by atoms with Crippen LogP contribution in [0.25, 0.3) is 10.8 Å². The van der Waals surface area contributed by atoms with E-state index in [1.807, 2.05) is 18.2 Å². The third kappa shape index (κ3) is 2.44. The standard InChI is InChI=1S/C15H16N2O4/c1-15(2,14(18)19)7-17-13-10-6-12-11(20-8-21-12)5-9(10)3-4-16-13/h3-6H,7-8H2,1-2H3,(H,16,17)(H,18,19). The number of benzene rings is 1. The van der Waals surface area contributed by atoms with Crippen LogP contribution in [0.3, 0.4) is 0 Å². The Morgan fingerprint density at radius 3 is 2.81 bits per heavy atom. The van der Waals surface area contributed by atoms with Gasteiger partial charge in [-0.2, -0.15) is 0 Å². The maximum Gasteiger partial charge on any atom is 0.310 e. The Bertz CT molecular complexity index is 712. The molecule has 0 amide bonds. The van der Waals surface area contributed by atoms with Gasteiger partial charge in [0, 0.05) is 18.1 Å². The summed E-state index contributed by atoms with van der Waals surface area (Å²) in [5.41, 5.74) is -0.875. The van der Waals surface area contributed by atoms with Crippen LogP contribution in [0.4, 0.5) is 5.82 Å². The van der Waals surface area contributed by atoms with Gasteiger partial charge in [-0.15, -0.1) is 0 Å². The fourth-order valence-corrected chi connectivity index (χ4v) is 2.08. The maximum absolute atomic E-state index is 11.2. The average Bonchev–Trinajstić information content (AvgIpc) is 2.89. The van der Waals surface area contributed by atoms with E-state index in [-0.39, 0.29) is 13.3 Å². The van der Waals surface area contributed by atoms with Crippen molar-refractivity contribution < 1.29 is 19.4 Å². The second kappa shape index (κ2) is 4.80. The fourth-order valence-electron chi connectivity index (χ4n) is 2.08. The molecule has 1 aliphatic heterocycles. The summed E-state index contributed by atoms with van der Waals surface area (Å²) in [7, 11) is 0. The number of hydrogen-bond donors (Lipinski definition) is 2. The first-order valence-electron chi connectivity index (χ1n) is 6.63. The molecule has 0 saturated carbocycles. The molecule has 0 aliphatic carbocycles. The van der Waals surface area contributed by atoms with Crippen molar-refractivity contribution in [3.63, 3.8) is 0 Å². The van der Waals surface area contributed by atoms with Gasteiger partial charge in [0.15, 0.2) is 11.5 Å². The van der Waals surface area contributed by atoms with Crippen molar-refractivity contribution in [2.75, 3.05) is 18.7 Å². The molecule has 0 bridgehead atoms. The normalized spacial score (nSPS) is 13.4. The highest BCUT2D eigenvalue weighted by Crippen LogP contribution is 2.37. The van der Waals surface area contributed by atoms with Gasteiger partial charge in [-0.3, -0.25) is 4.79 Å². The molecule has 1 aliphatic rings. The summed E-state index contributed by atoms with van der Waals surface area (Å²) in [6, 6.07) is 5.64. The zero-order valence-corrected chi connectivity index (χ0v) is 11.8. The molecule has 6 heteroatoms. The second-order valence-electron chi connectivity index (χ2n) is 5.63. The van der Waals surface area contributed by atoms with Gasteiger partial charge >= 0.3 is 5.97 Å². The summed E-state index contributed by atoms with van der Waals surface area (Å²) in [5, 5.41) is 14.1. The summed E-state index contributed by atoms with van der Waals surface area (Å²) in [4.78, 5) is 15.5. The van der Waals surface area contributed by atoms with Crippen molar-refractivity contribution >= 4 is 22.6 Å². The van der Waals surface area contributed by atoms with E-state index in [0.717, 1.165) is 10.8 Å². The first-order chi connectivity index (χ1) is 9.97. The molecule has 0 atom stereocenters. The van der Waals surface area contributed by atoms with Crippen LogP contribution in [0.1, 0.15) is 13.8 Å². The molecule has 0 fully saturated rings. The molecule has 2 aromatic rings. The van der Waals surface area contributed by atoms with E-state index in [0.29, 0.717) is 17.3 Å². The van der Waals surface area contributed by atoms with E-state index in [1.54, 1.807) is 20.0 Å². The number of aromatic nitrogens is 1. The smallest absolute Gasteiger partial charge is 0.310 e. The van der Waals surface area contributed by atoms with Crippen LogP contribution in [0.2, 0.25) is 0 Å². The minimum Gasteiger partial charge on any atom is -0.481 e. The second-order valence-corrected chi connectivity index (χ2v) is 5.63. The van der Waals surface area contributed by atoms with Crippen molar-refractivity contribution in [3.8, 4) is 11.5 Å². The minimum atomic E-state index is -0.875. The van der Waals surface area contributed by atoms with Crippen molar-refractivity contribution in [2.45, 2.75) is 13.8 Å². The highest BCUT2D eigenvalue weighted by Gasteiger charge is 2.27. The predicted molar refractivity (Wildman–Crippen MR) is 77.8 cm³/mol. The number of carbonyl (C=O) groups is 1. The van der Waals surface area contributed by atoms with Crippen LogP contribution in [-0.2, 0) is 4.79 Å². The number of nitrogens with one attached hydrogen (secondary N) is 1. The number of rotatable bonds is 4. The lowest BCUT2D eigenvalue weighted by atomic mass is 9.94. The summed E-state index contributed by atoms with van der Waals surface area (Å²) >= 11 is 0. The number of hydrogen-bond acceptors (Lipinski definition) is 5. The number of carboxylic acids is 1. The first kappa shape index (κ1) is 13.5. The third-order valence-electron chi connectivity index (χ3n) is 3.53. The van der Waals surface area contributed by atoms with Gasteiger partial charge in [0.1, 0.15) is 5.82 Å². The number of carboxylic acid groups (broad SMARTS) is 1. The maximum atomic E-state index is 11.2. The lowest BCUT2D eigenvalue weighted by Crippen LogP contribution is -2.32.